The Hall–Kier alpha value is -6.06. The van der Waals surface area contributed by atoms with Crippen LogP contribution in [-0.4, -0.2) is 15.3 Å². The van der Waals surface area contributed by atoms with Gasteiger partial charge in [0.05, 0.1) is 0 Å². The number of hydrogen-bond donors (Lipinski definition) is 3. The molecule has 1 fully saturated rings. The Morgan fingerprint density at radius 1 is 0.537 bits per heavy atom. The monoisotopic (exact) mass is 708 g/mol. The van der Waals surface area contributed by atoms with Crippen LogP contribution in [0.25, 0.3) is 60.6 Å². The maximum Gasteiger partial charge on any atom is 0.125 e. The molecule has 6 aromatic rings. The number of rotatable bonds is 7. The normalized spacial score (nSPS) is 15.3. The van der Waals surface area contributed by atoms with Gasteiger partial charge in [-0.15, -0.1) is 0 Å². The Morgan fingerprint density at radius 3 is 1.52 bits per heavy atom. The fraction of sp³-hybridized carbons (Fsp3) is 0.176. The number of allylic oxidation sites excluding steroid dienone is 7. The fourth-order valence-electron chi connectivity index (χ4n) is 7.36. The summed E-state index contributed by atoms with van der Waals surface area (Å²) in [5, 5.41) is 39.5. The predicted octanol–water partition coefficient (Wildman–Crippen LogP) is 14.8. The van der Waals surface area contributed by atoms with Gasteiger partial charge in [0.1, 0.15) is 17.3 Å². The van der Waals surface area contributed by atoms with Crippen LogP contribution in [-0.2, 0) is 0 Å². The molecule has 0 aromatic heterocycles. The zero-order chi connectivity index (χ0) is 38.1. The van der Waals surface area contributed by atoms with Crippen LogP contribution < -0.4 is 0 Å². The van der Waals surface area contributed by atoms with Crippen molar-refractivity contribution in [3.05, 3.63) is 184 Å². The van der Waals surface area contributed by atoms with Gasteiger partial charge >= 0.3 is 0 Å². The zero-order valence-corrected chi connectivity index (χ0v) is 31.9. The Bertz CT molecular complexity index is 2560. The lowest BCUT2D eigenvalue weighted by Gasteiger charge is -2.17. The van der Waals surface area contributed by atoms with Crippen molar-refractivity contribution in [2.75, 3.05) is 0 Å². The van der Waals surface area contributed by atoms with Crippen LogP contribution in [0.4, 0.5) is 0 Å². The lowest BCUT2D eigenvalue weighted by atomic mass is 9.86. The Balaban J connectivity index is 0.00000143. The van der Waals surface area contributed by atoms with Crippen molar-refractivity contribution >= 4 is 38.4 Å². The van der Waals surface area contributed by atoms with Gasteiger partial charge in [-0.1, -0.05) is 135 Å². The highest BCUT2D eigenvalue weighted by molar-refractivity contribution is 6.18. The summed E-state index contributed by atoms with van der Waals surface area (Å²) in [6, 6.07) is 41.1. The molecule has 0 atom stereocenters. The topological polar surface area (TPSA) is 60.7 Å². The van der Waals surface area contributed by atoms with Crippen molar-refractivity contribution in [3.8, 4) is 22.3 Å². The highest BCUT2D eigenvalue weighted by Crippen LogP contribution is 2.43. The van der Waals surface area contributed by atoms with E-state index in [4.69, 9.17) is 0 Å². The maximum atomic E-state index is 11.7. The van der Waals surface area contributed by atoms with Crippen molar-refractivity contribution in [2.24, 2.45) is 0 Å². The summed E-state index contributed by atoms with van der Waals surface area (Å²) in [6.45, 7) is 13.1. The second-order valence-electron chi connectivity index (χ2n) is 14.7. The molecule has 54 heavy (non-hydrogen) atoms. The van der Waals surface area contributed by atoms with E-state index in [2.05, 4.69) is 122 Å². The number of aliphatic hydroxyl groups excluding tert-OH is 3. The number of aliphatic hydroxyl groups is 3. The largest absolute Gasteiger partial charge is 0.508 e. The van der Waals surface area contributed by atoms with Crippen LogP contribution in [0, 0.1) is 0 Å². The van der Waals surface area contributed by atoms with E-state index in [9.17, 15) is 15.3 Å². The smallest absolute Gasteiger partial charge is 0.125 e. The Morgan fingerprint density at radius 2 is 1.00 bits per heavy atom. The minimum atomic E-state index is -0.169. The van der Waals surface area contributed by atoms with Crippen molar-refractivity contribution < 1.29 is 15.3 Å². The molecule has 0 saturated heterocycles. The second-order valence-corrected chi connectivity index (χ2v) is 14.7. The third-order valence-corrected chi connectivity index (χ3v) is 11.1. The standard InChI is InChI=1S/C48H42O3.C3H6/c1-28(29(2)47(50)43-27-44(31(4)30(43)3)48(51)32(5)33(6)49)24-45-39-16-10-12-18-41(39)46(42-19-13-11-17-40(42)45)38-23-22-36-25-35(20-21-37(36)26-38)34-14-8-7-9-15-34;1-2-3-1/h7-26,49-51H,6,27H2,1-5H3;1-3H2/b28-24+,47-29+,48-32+;. The van der Waals surface area contributed by atoms with Crippen LogP contribution >= 0.6 is 0 Å². The van der Waals surface area contributed by atoms with E-state index in [0.717, 1.165) is 44.2 Å². The van der Waals surface area contributed by atoms with E-state index in [1.54, 1.807) is 6.92 Å². The molecule has 2 aliphatic rings. The minimum Gasteiger partial charge on any atom is -0.508 e. The molecule has 0 amide bonds. The molecule has 3 N–H and O–H groups in total. The van der Waals surface area contributed by atoms with Gasteiger partial charge in [0.15, 0.2) is 0 Å². The van der Waals surface area contributed by atoms with E-state index in [-0.39, 0.29) is 17.3 Å². The van der Waals surface area contributed by atoms with Crippen molar-refractivity contribution in [2.45, 2.75) is 60.3 Å². The highest BCUT2D eigenvalue weighted by Gasteiger charge is 2.26. The van der Waals surface area contributed by atoms with Gasteiger partial charge in [-0.2, -0.15) is 0 Å². The average molecular weight is 709 g/mol. The molecule has 0 heterocycles. The molecular formula is C51H48O3. The van der Waals surface area contributed by atoms with Crippen LogP contribution in [0.5, 0.6) is 0 Å². The van der Waals surface area contributed by atoms with E-state index >= 15 is 0 Å². The van der Waals surface area contributed by atoms with Crippen molar-refractivity contribution in [1.82, 2.24) is 0 Å². The van der Waals surface area contributed by atoms with Gasteiger partial charge in [0.25, 0.3) is 0 Å². The van der Waals surface area contributed by atoms with Crippen LogP contribution in [0.15, 0.2) is 178 Å². The molecule has 0 aliphatic heterocycles. The first-order valence-corrected chi connectivity index (χ1v) is 18.9. The molecule has 3 nitrogen and oxygen atoms in total. The van der Waals surface area contributed by atoms with Gasteiger partial charge < -0.3 is 15.3 Å². The molecule has 270 valence electrons. The van der Waals surface area contributed by atoms with E-state index < -0.39 is 0 Å². The van der Waals surface area contributed by atoms with Gasteiger partial charge in [-0.25, -0.2) is 0 Å². The van der Waals surface area contributed by atoms with E-state index in [1.165, 1.54) is 63.1 Å². The van der Waals surface area contributed by atoms with E-state index in [0.29, 0.717) is 17.6 Å². The second kappa shape index (κ2) is 15.1. The average Bonchev–Trinajstić information content (AvgIpc) is 4.07. The summed E-state index contributed by atoms with van der Waals surface area (Å²) in [6.07, 6.45) is 7.05. The zero-order valence-electron chi connectivity index (χ0n) is 31.9. The molecular weight excluding hydrogens is 661 g/mol. The quantitative estimate of drug-likeness (QED) is 0.0879. The molecule has 6 aromatic carbocycles. The molecule has 8 rings (SSSR count). The Kier molecular flexibility index (Phi) is 10.2. The summed E-state index contributed by atoms with van der Waals surface area (Å²) in [7, 11) is 0. The number of hydrogen-bond acceptors (Lipinski definition) is 3. The van der Waals surface area contributed by atoms with Gasteiger partial charge in [0.2, 0.25) is 0 Å². The van der Waals surface area contributed by atoms with Gasteiger partial charge in [-0.05, 0) is 129 Å². The van der Waals surface area contributed by atoms with Crippen LogP contribution in [0.3, 0.4) is 0 Å². The first-order valence-electron chi connectivity index (χ1n) is 18.9. The first-order chi connectivity index (χ1) is 26.0. The van der Waals surface area contributed by atoms with E-state index in [1.807, 2.05) is 33.8 Å². The lowest BCUT2D eigenvalue weighted by Crippen LogP contribution is -1.98. The maximum absolute atomic E-state index is 11.7. The third kappa shape index (κ3) is 7.02. The lowest BCUT2D eigenvalue weighted by molar-refractivity contribution is 0.385. The molecule has 3 heteroatoms. The molecule has 1 saturated carbocycles. The predicted molar refractivity (Wildman–Crippen MR) is 230 cm³/mol. The van der Waals surface area contributed by atoms with Crippen molar-refractivity contribution in [3.63, 3.8) is 0 Å². The summed E-state index contributed by atoms with van der Waals surface area (Å²) < 4.78 is 0. The summed E-state index contributed by atoms with van der Waals surface area (Å²) in [5.74, 6) is 0.0475. The fourth-order valence-corrected chi connectivity index (χ4v) is 7.36. The van der Waals surface area contributed by atoms with Crippen LogP contribution in [0.1, 0.15) is 65.9 Å². The first kappa shape index (κ1) is 36.3. The molecule has 0 unspecified atom stereocenters. The number of benzene rings is 6. The Labute approximate surface area is 318 Å². The molecule has 0 bridgehead atoms. The SMILES string of the molecule is C1CC1.C=C(O)/C(C)=C(/O)C1=C(C)C(C)=C(/C(O)=C(C)\C(C)=C\c2c3ccccc3c(-c3ccc4cc(-c5ccccc5)ccc4c3)c3ccccc23)C1. The third-order valence-electron chi connectivity index (χ3n) is 11.1. The minimum absolute atomic E-state index is 0.00782. The highest BCUT2D eigenvalue weighted by atomic mass is 16.3. The summed E-state index contributed by atoms with van der Waals surface area (Å²) in [4.78, 5) is 0. The van der Waals surface area contributed by atoms with Crippen LogP contribution in [0.2, 0.25) is 0 Å². The number of fused-ring (bicyclic) bond motifs is 3. The summed E-state index contributed by atoms with van der Waals surface area (Å²) in [5.41, 5.74) is 11.2. The molecule has 2 aliphatic carbocycles. The summed E-state index contributed by atoms with van der Waals surface area (Å²) >= 11 is 0. The van der Waals surface area contributed by atoms with Crippen molar-refractivity contribution in [1.29, 1.82) is 0 Å². The van der Waals surface area contributed by atoms with Gasteiger partial charge in [-0.3, -0.25) is 0 Å². The molecule has 0 spiro atoms. The molecule has 0 radical (unpaired) electrons. The van der Waals surface area contributed by atoms with Gasteiger partial charge in [0, 0.05) is 23.1 Å².